The number of aryl methyl sites for hydroxylation is 1. The predicted molar refractivity (Wildman–Crippen MR) is 95.8 cm³/mol. The number of fused-ring (bicyclic) bond motifs is 1. The number of halogens is 1. The highest BCUT2D eigenvalue weighted by Gasteiger charge is 2.19. The van der Waals surface area contributed by atoms with Crippen LogP contribution in [0.25, 0.3) is 22.5 Å². The fraction of sp³-hybridized carbons (Fsp3) is 0.188. The summed E-state index contributed by atoms with van der Waals surface area (Å²) in [5.74, 6) is 1.69. The van der Waals surface area contributed by atoms with E-state index < -0.39 is 0 Å². The van der Waals surface area contributed by atoms with Gasteiger partial charge in [0.1, 0.15) is 16.7 Å². The Balaban J connectivity index is 1.63. The van der Waals surface area contributed by atoms with Gasteiger partial charge in [-0.3, -0.25) is 0 Å². The summed E-state index contributed by atoms with van der Waals surface area (Å²) in [6.45, 7) is 1.94. The largest absolute Gasteiger partial charge is 0.359 e. The summed E-state index contributed by atoms with van der Waals surface area (Å²) in [4.78, 5) is 13.0. The van der Waals surface area contributed by atoms with Gasteiger partial charge in [-0.1, -0.05) is 23.4 Å². The number of anilines is 1. The van der Waals surface area contributed by atoms with E-state index in [0.717, 1.165) is 16.6 Å². The van der Waals surface area contributed by atoms with Crippen LogP contribution in [0.2, 0.25) is 0 Å². The first kappa shape index (κ1) is 15.7. The lowest BCUT2D eigenvalue weighted by atomic mass is 10.2. The average molecular weight is 400 g/mol. The van der Waals surface area contributed by atoms with Crippen molar-refractivity contribution in [3.8, 4) is 11.5 Å². The Morgan fingerprint density at radius 1 is 1.20 bits per heavy atom. The molecule has 4 rings (SSSR count). The maximum absolute atomic E-state index is 5.37. The molecule has 8 nitrogen and oxygen atoms in total. The molecule has 1 aromatic carbocycles. The van der Waals surface area contributed by atoms with Gasteiger partial charge in [0.05, 0.1) is 11.4 Å². The van der Waals surface area contributed by atoms with Gasteiger partial charge in [-0.15, -0.1) is 0 Å². The van der Waals surface area contributed by atoms with Crippen LogP contribution in [0.4, 0.5) is 5.82 Å². The fourth-order valence-corrected chi connectivity index (χ4v) is 3.13. The molecule has 0 saturated heterocycles. The molecule has 0 aliphatic rings. The topological polar surface area (TPSA) is 94.6 Å². The average Bonchev–Trinajstić information content (AvgIpc) is 3.22. The molecule has 1 atom stereocenters. The van der Waals surface area contributed by atoms with Gasteiger partial charge in [-0.25, -0.2) is 14.6 Å². The molecular weight excluding hydrogens is 386 g/mol. The summed E-state index contributed by atoms with van der Waals surface area (Å²) in [6, 6.07) is 9.45. The van der Waals surface area contributed by atoms with Crippen molar-refractivity contribution in [1.82, 2.24) is 29.9 Å². The van der Waals surface area contributed by atoms with Crippen LogP contribution in [0.3, 0.4) is 0 Å². The second kappa shape index (κ2) is 6.25. The smallest absolute Gasteiger partial charge is 0.257 e. The van der Waals surface area contributed by atoms with Gasteiger partial charge >= 0.3 is 0 Å². The van der Waals surface area contributed by atoms with Crippen molar-refractivity contribution in [2.45, 2.75) is 13.0 Å². The number of rotatable bonds is 4. The van der Waals surface area contributed by atoms with Crippen molar-refractivity contribution in [3.05, 3.63) is 47.1 Å². The first-order valence-corrected chi connectivity index (χ1v) is 8.41. The number of hydrogen-bond acceptors (Lipinski definition) is 7. The quantitative estimate of drug-likeness (QED) is 0.561. The Kier molecular flexibility index (Phi) is 3.92. The number of nitrogens with one attached hydrogen (secondary N) is 1. The lowest BCUT2D eigenvalue weighted by molar-refractivity contribution is 0.420. The molecule has 0 aliphatic carbocycles. The zero-order chi connectivity index (χ0) is 17.4. The zero-order valence-electron chi connectivity index (χ0n) is 13.5. The third-order valence-corrected chi connectivity index (χ3v) is 4.34. The maximum atomic E-state index is 5.37. The van der Waals surface area contributed by atoms with Gasteiger partial charge in [0.25, 0.3) is 5.89 Å². The van der Waals surface area contributed by atoms with Crippen molar-refractivity contribution < 1.29 is 4.52 Å². The SMILES string of the molecule is CC(Nc1ncnc2c1c(Br)nn2C)c1noc(-c2ccccc2)n1. The van der Waals surface area contributed by atoms with Gasteiger partial charge in [-0.05, 0) is 35.0 Å². The molecule has 1 N–H and O–H groups in total. The molecular formula is C16H14BrN7O. The molecule has 0 bridgehead atoms. The van der Waals surface area contributed by atoms with Crippen molar-refractivity contribution in [2.24, 2.45) is 7.05 Å². The van der Waals surface area contributed by atoms with Crippen LogP contribution in [-0.4, -0.2) is 29.9 Å². The van der Waals surface area contributed by atoms with Crippen LogP contribution in [0.1, 0.15) is 18.8 Å². The molecule has 3 aromatic heterocycles. The third-order valence-electron chi connectivity index (χ3n) is 3.78. The molecule has 0 aliphatic heterocycles. The minimum Gasteiger partial charge on any atom is -0.359 e. The van der Waals surface area contributed by atoms with Crippen molar-refractivity contribution in [1.29, 1.82) is 0 Å². The third kappa shape index (κ3) is 2.86. The van der Waals surface area contributed by atoms with Crippen molar-refractivity contribution in [2.75, 3.05) is 5.32 Å². The van der Waals surface area contributed by atoms with Gasteiger partial charge in [0.15, 0.2) is 11.5 Å². The Hall–Kier alpha value is -2.81. The summed E-state index contributed by atoms with van der Waals surface area (Å²) in [5, 5.41) is 12.5. The van der Waals surface area contributed by atoms with Crippen LogP contribution in [0.15, 0.2) is 45.8 Å². The highest BCUT2D eigenvalue weighted by molar-refractivity contribution is 9.10. The standard InChI is InChI=1S/C16H14BrN7O/c1-9(13-21-16(25-23-13)10-6-4-3-5-7-10)20-14-11-12(17)22-24(2)15(11)19-8-18-14/h3-9H,1-2H3,(H,18,19,20). The monoisotopic (exact) mass is 399 g/mol. The van der Waals surface area contributed by atoms with E-state index in [9.17, 15) is 0 Å². The highest BCUT2D eigenvalue weighted by atomic mass is 79.9. The van der Waals surface area contributed by atoms with Crippen molar-refractivity contribution in [3.63, 3.8) is 0 Å². The summed E-state index contributed by atoms with van der Waals surface area (Å²) >= 11 is 3.45. The fourth-order valence-electron chi connectivity index (χ4n) is 2.53. The first-order chi connectivity index (χ1) is 12.1. The van der Waals surface area contributed by atoms with E-state index >= 15 is 0 Å². The van der Waals surface area contributed by atoms with Gasteiger partial charge < -0.3 is 9.84 Å². The van der Waals surface area contributed by atoms with Gasteiger partial charge in [0.2, 0.25) is 0 Å². The Labute approximate surface area is 151 Å². The Morgan fingerprint density at radius 2 is 2.00 bits per heavy atom. The summed E-state index contributed by atoms with van der Waals surface area (Å²) < 4.78 is 7.74. The van der Waals surface area contributed by atoms with Gasteiger partial charge in [-0.2, -0.15) is 10.1 Å². The molecule has 0 saturated carbocycles. The normalized spacial score (nSPS) is 12.4. The van der Waals surface area contributed by atoms with E-state index in [1.54, 1.807) is 4.68 Å². The molecule has 0 radical (unpaired) electrons. The molecule has 3 heterocycles. The van der Waals surface area contributed by atoms with Crippen LogP contribution in [0.5, 0.6) is 0 Å². The van der Waals surface area contributed by atoms with E-state index in [0.29, 0.717) is 22.1 Å². The van der Waals surface area contributed by atoms with Crippen LogP contribution in [0, 0.1) is 0 Å². The van der Waals surface area contributed by atoms with E-state index in [-0.39, 0.29) is 6.04 Å². The lowest BCUT2D eigenvalue weighted by Crippen LogP contribution is -2.10. The minimum atomic E-state index is -0.202. The van der Waals surface area contributed by atoms with E-state index in [4.69, 9.17) is 4.52 Å². The van der Waals surface area contributed by atoms with Crippen LogP contribution >= 0.6 is 15.9 Å². The van der Waals surface area contributed by atoms with Crippen LogP contribution in [-0.2, 0) is 7.05 Å². The Morgan fingerprint density at radius 3 is 2.80 bits per heavy atom. The van der Waals surface area contributed by atoms with Crippen LogP contribution < -0.4 is 5.32 Å². The summed E-state index contributed by atoms with van der Waals surface area (Å²) in [7, 11) is 1.83. The number of nitrogens with zero attached hydrogens (tertiary/aromatic N) is 6. The second-order valence-corrected chi connectivity index (χ2v) is 6.28. The maximum Gasteiger partial charge on any atom is 0.257 e. The minimum absolute atomic E-state index is 0.202. The molecule has 0 spiro atoms. The second-order valence-electron chi connectivity index (χ2n) is 5.53. The molecule has 9 heteroatoms. The van der Waals surface area contributed by atoms with E-state index in [2.05, 4.69) is 46.5 Å². The van der Waals surface area contributed by atoms with E-state index in [1.165, 1.54) is 6.33 Å². The number of benzene rings is 1. The summed E-state index contributed by atoms with van der Waals surface area (Å²) in [5.41, 5.74) is 1.61. The molecule has 126 valence electrons. The first-order valence-electron chi connectivity index (χ1n) is 7.62. The van der Waals surface area contributed by atoms with Crippen molar-refractivity contribution >= 4 is 32.8 Å². The van der Waals surface area contributed by atoms with Gasteiger partial charge in [0, 0.05) is 12.6 Å². The molecule has 4 aromatic rings. The number of aromatic nitrogens is 6. The predicted octanol–water partition coefficient (Wildman–Crippen LogP) is 3.35. The van der Waals surface area contributed by atoms with E-state index in [1.807, 2.05) is 44.3 Å². The summed E-state index contributed by atoms with van der Waals surface area (Å²) in [6.07, 6.45) is 1.50. The zero-order valence-corrected chi connectivity index (χ0v) is 15.1. The molecule has 0 amide bonds. The lowest BCUT2D eigenvalue weighted by Gasteiger charge is -2.11. The highest BCUT2D eigenvalue weighted by Crippen LogP contribution is 2.29. The molecule has 25 heavy (non-hydrogen) atoms. The Bertz CT molecular complexity index is 1030. The molecule has 0 fully saturated rings. The molecule has 1 unspecified atom stereocenters. The number of hydrogen-bond donors (Lipinski definition) is 1.